The molecule has 2 N–H and O–H groups in total. The first kappa shape index (κ1) is 20.7. The van der Waals surface area contributed by atoms with Gasteiger partial charge in [0.25, 0.3) is 5.56 Å². The predicted octanol–water partition coefficient (Wildman–Crippen LogP) is 4.24. The fourth-order valence-electron chi connectivity index (χ4n) is 3.85. The number of amides is 1. The Balaban J connectivity index is 1.60. The van der Waals surface area contributed by atoms with Crippen LogP contribution in [0.5, 0.6) is 0 Å². The Bertz CT molecular complexity index is 961. The normalized spacial score (nSPS) is 17.8. The van der Waals surface area contributed by atoms with Crippen LogP contribution in [0, 0.1) is 25.2 Å². The number of thiophene rings is 1. The summed E-state index contributed by atoms with van der Waals surface area (Å²) in [6.45, 7) is 10.8. The highest BCUT2D eigenvalue weighted by Gasteiger charge is 2.30. The van der Waals surface area contributed by atoms with Crippen LogP contribution >= 0.6 is 11.3 Å². The Morgan fingerprint density at radius 1 is 1.32 bits per heavy atom. The van der Waals surface area contributed by atoms with Crippen LogP contribution in [0.4, 0.5) is 0 Å². The molecule has 152 valence electrons. The van der Waals surface area contributed by atoms with Gasteiger partial charge < -0.3 is 4.98 Å². The Morgan fingerprint density at radius 2 is 2.00 bits per heavy atom. The number of hydrazone groups is 1. The zero-order chi connectivity index (χ0) is 20.5. The molecule has 0 saturated heterocycles. The van der Waals surface area contributed by atoms with Crippen molar-refractivity contribution in [2.75, 3.05) is 0 Å². The average molecular weight is 403 g/mol. The van der Waals surface area contributed by atoms with Crippen molar-refractivity contribution in [1.82, 2.24) is 15.4 Å². The van der Waals surface area contributed by atoms with E-state index in [2.05, 4.69) is 41.3 Å². The molecule has 0 aliphatic heterocycles. The first-order chi connectivity index (χ1) is 13.2. The SMILES string of the molecule is CCC(C)(C)C1CCC(=NNC(=O)Cc2nc3sc(C)c(C)c3c(=O)[nH]2)CC1. The number of hydrogen-bond donors (Lipinski definition) is 2. The number of carbonyl (C=O) groups is 1. The topological polar surface area (TPSA) is 87.2 Å². The van der Waals surface area contributed by atoms with Gasteiger partial charge in [-0.2, -0.15) is 5.10 Å². The van der Waals surface area contributed by atoms with Gasteiger partial charge in [0.05, 0.1) is 11.8 Å². The smallest absolute Gasteiger partial charge is 0.259 e. The Hall–Kier alpha value is -2.02. The number of aromatic nitrogens is 2. The molecule has 6 nitrogen and oxygen atoms in total. The van der Waals surface area contributed by atoms with Crippen molar-refractivity contribution in [1.29, 1.82) is 0 Å². The van der Waals surface area contributed by atoms with Gasteiger partial charge in [-0.15, -0.1) is 11.3 Å². The number of nitrogens with one attached hydrogen (secondary N) is 2. The van der Waals surface area contributed by atoms with Crippen LogP contribution in [-0.4, -0.2) is 21.6 Å². The van der Waals surface area contributed by atoms with Crippen molar-refractivity contribution in [3.8, 4) is 0 Å². The summed E-state index contributed by atoms with van der Waals surface area (Å²) in [7, 11) is 0. The minimum Gasteiger partial charge on any atom is -0.309 e. The van der Waals surface area contributed by atoms with Crippen molar-refractivity contribution >= 4 is 33.2 Å². The Morgan fingerprint density at radius 3 is 2.64 bits per heavy atom. The third-order valence-corrected chi connectivity index (χ3v) is 7.44. The maximum atomic E-state index is 12.3. The van der Waals surface area contributed by atoms with E-state index in [0.29, 0.717) is 27.4 Å². The van der Waals surface area contributed by atoms with Crippen molar-refractivity contribution < 1.29 is 4.79 Å². The molecule has 1 saturated carbocycles. The zero-order valence-corrected chi connectivity index (χ0v) is 18.3. The molecule has 2 aromatic rings. The molecule has 0 radical (unpaired) electrons. The lowest BCUT2D eigenvalue weighted by Gasteiger charge is -2.36. The maximum Gasteiger partial charge on any atom is 0.259 e. The standard InChI is InChI=1S/C21H30N4O2S/c1-6-21(4,5)14-7-9-15(10-8-14)24-25-17(26)11-16-22-19(27)18-12(2)13(3)28-20(18)23-16/h14H,6-11H2,1-5H3,(H,25,26)(H,22,23,27). The lowest BCUT2D eigenvalue weighted by molar-refractivity contribution is -0.120. The molecule has 0 unspecified atom stereocenters. The number of hydrogen-bond acceptors (Lipinski definition) is 5. The molecule has 2 heterocycles. The van der Waals surface area contributed by atoms with Gasteiger partial charge in [0.2, 0.25) is 5.91 Å². The molecular weight excluding hydrogens is 372 g/mol. The van der Waals surface area contributed by atoms with E-state index >= 15 is 0 Å². The summed E-state index contributed by atoms with van der Waals surface area (Å²) in [5.41, 5.74) is 4.84. The van der Waals surface area contributed by atoms with Crippen LogP contribution < -0.4 is 11.0 Å². The number of aryl methyl sites for hydroxylation is 2. The Kier molecular flexibility index (Phi) is 6.03. The summed E-state index contributed by atoms with van der Waals surface area (Å²) in [6.07, 6.45) is 5.31. The lowest BCUT2D eigenvalue weighted by atomic mass is 9.69. The number of nitrogens with zero attached hydrogens (tertiary/aromatic N) is 2. The van der Waals surface area contributed by atoms with E-state index < -0.39 is 0 Å². The number of carbonyl (C=O) groups excluding carboxylic acids is 1. The minimum atomic E-state index is -0.254. The van der Waals surface area contributed by atoms with Crippen LogP contribution in [0.1, 0.15) is 69.1 Å². The van der Waals surface area contributed by atoms with Gasteiger partial charge in [0.1, 0.15) is 10.7 Å². The van der Waals surface area contributed by atoms with Gasteiger partial charge in [0.15, 0.2) is 0 Å². The largest absolute Gasteiger partial charge is 0.309 e. The summed E-state index contributed by atoms with van der Waals surface area (Å²) < 4.78 is 0. The van der Waals surface area contributed by atoms with E-state index in [9.17, 15) is 9.59 Å². The van der Waals surface area contributed by atoms with Crippen LogP contribution in [0.3, 0.4) is 0 Å². The Labute approximate surface area is 169 Å². The van der Waals surface area contributed by atoms with Crippen molar-refractivity contribution in [3.63, 3.8) is 0 Å². The quantitative estimate of drug-likeness (QED) is 0.733. The second-order valence-electron chi connectivity index (χ2n) is 8.48. The molecule has 0 aromatic carbocycles. The van der Waals surface area contributed by atoms with E-state index in [1.54, 1.807) is 0 Å². The first-order valence-electron chi connectivity index (χ1n) is 10.0. The van der Waals surface area contributed by atoms with E-state index in [1.165, 1.54) is 17.8 Å². The average Bonchev–Trinajstić information content (AvgIpc) is 2.94. The van der Waals surface area contributed by atoms with Crippen molar-refractivity contribution in [2.24, 2.45) is 16.4 Å². The molecule has 3 rings (SSSR count). The molecule has 0 spiro atoms. The van der Waals surface area contributed by atoms with E-state index in [1.807, 2.05) is 13.8 Å². The molecule has 1 amide bonds. The number of fused-ring (bicyclic) bond motifs is 1. The summed E-state index contributed by atoms with van der Waals surface area (Å²) in [4.78, 5) is 33.5. The summed E-state index contributed by atoms with van der Waals surface area (Å²) >= 11 is 1.48. The second-order valence-corrected chi connectivity index (χ2v) is 9.69. The van der Waals surface area contributed by atoms with Gasteiger partial charge in [-0.25, -0.2) is 10.4 Å². The molecule has 28 heavy (non-hydrogen) atoms. The van der Waals surface area contributed by atoms with E-state index in [4.69, 9.17) is 0 Å². The summed E-state index contributed by atoms with van der Waals surface area (Å²) in [5, 5.41) is 4.95. The molecule has 2 aromatic heterocycles. The first-order valence-corrected chi connectivity index (χ1v) is 10.9. The van der Waals surface area contributed by atoms with Gasteiger partial charge >= 0.3 is 0 Å². The van der Waals surface area contributed by atoms with Crippen LogP contribution in [0.25, 0.3) is 10.2 Å². The second kappa shape index (κ2) is 8.15. The van der Waals surface area contributed by atoms with E-state index in [0.717, 1.165) is 41.8 Å². The predicted molar refractivity (Wildman–Crippen MR) is 115 cm³/mol. The van der Waals surface area contributed by atoms with Crippen molar-refractivity contribution in [2.45, 2.75) is 73.1 Å². The number of aromatic amines is 1. The van der Waals surface area contributed by atoms with Gasteiger partial charge in [0, 0.05) is 10.6 Å². The van der Waals surface area contributed by atoms with E-state index in [-0.39, 0.29) is 17.9 Å². The highest BCUT2D eigenvalue weighted by molar-refractivity contribution is 7.18. The molecule has 0 atom stereocenters. The monoisotopic (exact) mass is 402 g/mol. The highest BCUT2D eigenvalue weighted by Crippen LogP contribution is 2.39. The van der Waals surface area contributed by atoms with Crippen LogP contribution in [0.15, 0.2) is 9.90 Å². The number of H-pyrrole nitrogens is 1. The third-order valence-electron chi connectivity index (χ3n) is 6.33. The molecule has 1 aliphatic rings. The molecule has 7 heteroatoms. The molecule has 0 bridgehead atoms. The summed E-state index contributed by atoms with van der Waals surface area (Å²) in [6, 6.07) is 0. The molecule has 1 aliphatic carbocycles. The zero-order valence-electron chi connectivity index (χ0n) is 17.4. The third kappa shape index (κ3) is 4.35. The fourth-order valence-corrected chi connectivity index (χ4v) is 4.90. The van der Waals surface area contributed by atoms with Gasteiger partial charge in [-0.05, 0) is 56.4 Å². The van der Waals surface area contributed by atoms with Crippen LogP contribution in [-0.2, 0) is 11.2 Å². The lowest BCUT2D eigenvalue weighted by Crippen LogP contribution is -2.29. The summed E-state index contributed by atoms with van der Waals surface area (Å²) in [5.74, 6) is 0.840. The minimum absolute atomic E-state index is 0.0173. The van der Waals surface area contributed by atoms with Gasteiger partial charge in [-0.3, -0.25) is 9.59 Å². The van der Waals surface area contributed by atoms with Crippen LogP contribution in [0.2, 0.25) is 0 Å². The fraction of sp³-hybridized carbons (Fsp3) is 0.619. The van der Waals surface area contributed by atoms with Gasteiger partial charge in [-0.1, -0.05) is 27.2 Å². The molecular formula is C21H30N4O2S. The molecule has 1 fully saturated rings. The number of rotatable bonds is 5. The van der Waals surface area contributed by atoms with Crippen molar-refractivity contribution in [3.05, 3.63) is 26.6 Å². The maximum absolute atomic E-state index is 12.3. The highest BCUT2D eigenvalue weighted by atomic mass is 32.1.